The summed E-state index contributed by atoms with van der Waals surface area (Å²) in [7, 11) is 0. The van der Waals surface area contributed by atoms with Crippen LogP contribution in [-0.2, 0) is 11.3 Å². The fourth-order valence-corrected chi connectivity index (χ4v) is 2.75. The van der Waals surface area contributed by atoms with E-state index >= 15 is 0 Å². The van der Waals surface area contributed by atoms with Crippen LogP contribution < -0.4 is 15.6 Å². The number of nitrogens with one attached hydrogen (secondary N) is 1. The van der Waals surface area contributed by atoms with E-state index in [0.717, 1.165) is 29.7 Å². The molecule has 6 nitrogen and oxygen atoms in total. The Morgan fingerprint density at radius 1 is 1.38 bits per heavy atom. The van der Waals surface area contributed by atoms with Crippen LogP contribution in [0.1, 0.15) is 42.5 Å². The van der Waals surface area contributed by atoms with Crippen LogP contribution in [0.25, 0.3) is 0 Å². The fourth-order valence-electron chi connectivity index (χ4n) is 2.75. The molecule has 0 radical (unpaired) electrons. The van der Waals surface area contributed by atoms with E-state index in [1.807, 2.05) is 32.0 Å². The summed E-state index contributed by atoms with van der Waals surface area (Å²) in [6.45, 7) is 6.44. The largest absolute Gasteiger partial charge is 0.481 e. The molecule has 1 fully saturated rings. The molecular weight excluding hydrogens is 330 g/mol. The predicted octanol–water partition coefficient (Wildman–Crippen LogP) is 2.32. The van der Waals surface area contributed by atoms with Gasteiger partial charge < -0.3 is 10.1 Å². The quantitative estimate of drug-likeness (QED) is 0.827. The lowest BCUT2D eigenvalue weighted by molar-refractivity contribution is -0.127. The summed E-state index contributed by atoms with van der Waals surface area (Å²) in [4.78, 5) is 28.6. The van der Waals surface area contributed by atoms with Crippen molar-refractivity contribution < 1.29 is 9.53 Å². The molecular formula is C20H25N3O3. The van der Waals surface area contributed by atoms with Crippen molar-refractivity contribution in [3.05, 3.63) is 57.8 Å². The highest BCUT2D eigenvalue weighted by Crippen LogP contribution is 2.38. The number of hydrogen-bond donors (Lipinski definition) is 1. The van der Waals surface area contributed by atoms with E-state index in [4.69, 9.17) is 4.74 Å². The van der Waals surface area contributed by atoms with Crippen molar-refractivity contribution in [3.63, 3.8) is 0 Å². The van der Waals surface area contributed by atoms with Crippen molar-refractivity contribution in [2.45, 2.75) is 52.2 Å². The molecule has 1 N–H and O–H groups in total. The standard InChI is InChI=1S/C20H25N3O3/c1-13-5-4-6-18(14(13)2)26-15(3)20(25)21-9-10-23-12-22-17(11-19(23)24)16-7-8-16/h4-6,11-12,15-16H,7-10H2,1-3H3,(H,21,25). The van der Waals surface area contributed by atoms with Crippen LogP contribution >= 0.6 is 0 Å². The minimum atomic E-state index is -0.609. The molecule has 1 heterocycles. The molecule has 1 aromatic heterocycles. The van der Waals surface area contributed by atoms with Crippen molar-refractivity contribution in [2.24, 2.45) is 0 Å². The second kappa shape index (κ2) is 7.72. The van der Waals surface area contributed by atoms with Gasteiger partial charge in [0.25, 0.3) is 11.5 Å². The summed E-state index contributed by atoms with van der Waals surface area (Å²) < 4.78 is 7.29. The smallest absolute Gasteiger partial charge is 0.260 e. The van der Waals surface area contributed by atoms with Gasteiger partial charge in [-0.2, -0.15) is 0 Å². The van der Waals surface area contributed by atoms with Crippen LogP contribution in [0.3, 0.4) is 0 Å². The van der Waals surface area contributed by atoms with Gasteiger partial charge >= 0.3 is 0 Å². The summed E-state index contributed by atoms with van der Waals surface area (Å²) in [6.07, 6.45) is 3.19. The Morgan fingerprint density at radius 2 is 2.15 bits per heavy atom. The van der Waals surface area contributed by atoms with Crippen LogP contribution in [0.15, 0.2) is 35.4 Å². The summed E-state index contributed by atoms with van der Waals surface area (Å²) in [5, 5.41) is 2.81. The first-order valence-corrected chi connectivity index (χ1v) is 9.02. The maximum Gasteiger partial charge on any atom is 0.260 e. The average Bonchev–Trinajstić information content (AvgIpc) is 3.45. The SMILES string of the molecule is Cc1cccc(OC(C)C(=O)NCCn2cnc(C3CC3)cc2=O)c1C. The molecule has 0 aliphatic heterocycles. The number of amides is 1. The lowest BCUT2D eigenvalue weighted by atomic mass is 10.1. The second-order valence-electron chi connectivity index (χ2n) is 6.87. The second-order valence-corrected chi connectivity index (χ2v) is 6.87. The van der Waals surface area contributed by atoms with Gasteiger partial charge in [-0.3, -0.25) is 14.2 Å². The zero-order valence-corrected chi connectivity index (χ0v) is 15.5. The zero-order valence-electron chi connectivity index (χ0n) is 15.5. The highest BCUT2D eigenvalue weighted by molar-refractivity contribution is 5.80. The van der Waals surface area contributed by atoms with Gasteiger partial charge in [0.1, 0.15) is 5.75 Å². The Morgan fingerprint density at radius 3 is 2.85 bits per heavy atom. The lowest BCUT2D eigenvalue weighted by Crippen LogP contribution is -2.39. The molecule has 26 heavy (non-hydrogen) atoms. The molecule has 138 valence electrons. The lowest BCUT2D eigenvalue weighted by Gasteiger charge is -2.17. The number of hydrogen-bond acceptors (Lipinski definition) is 4. The molecule has 3 rings (SSSR count). The Hall–Kier alpha value is -2.63. The minimum absolute atomic E-state index is 0.0733. The Bertz CT molecular complexity index is 856. The van der Waals surface area contributed by atoms with Crippen LogP contribution in [0.4, 0.5) is 0 Å². The summed E-state index contributed by atoms with van der Waals surface area (Å²) >= 11 is 0. The average molecular weight is 355 g/mol. The van der Waals surface area contributed by atoms with Crippen molar-refractivity contribution in [1.29, 1.82) is 0 Å². The number of carbonyl (C=O) groups excluding carboxylic acids is 1. The molecule has 1 atom stereocenters. The van der Waals surface area contributed by atoms with Gasteiger partial charge in [0.15, 0.2) is 6.10 Å². The maximum absolute atomic E-state index is 12.2. The number of aromatic nitrogens is 2. The molecule has 1 amide bonds. The van der Waals surface area contributed by atoms with E-state index in [1.54, 1.807) is 19.3 Å². The highest BCUT2D eigenvalue weighted by Gasteiger charge is 2.25. The molecule has 6 heteroatoms. The number of benzene rings is 1. The van der Waals surface area contributed by atoms with E-state index < -0.39 is 6.10 Å². The van der Waals surface area contributed by atoms with Crippen molar-refractivity contribution in [1.82, 2.24) is 14.9 Å². The molecule has 2 aromatic rings. The van der Waals surface area contributed by atoms with Gasteiger partial charge in [-0.25, -0.2) is 4.98 Å². The number of nitrogens with zero attached hydrogens (tertiary/aromatic N) is 2. The van der Waals surface area contributed by atoms with Crippen molar-refractivity contribution >= 4 is 5.91 Å². The van der Waals surface area contributed by atoms with E-state index in [1.165, 1.54) is 4.57 Å². The van der Waals surface area contributed by atoms with E-state index in [2.05, 4.69) is 10.3 Å². The number of carbonyl (C=O) groups is 1. The van der Waals surface area contributed by atoms with Crippen LogP contribution in [0, 0.1) is 13.8 Å². The van der Waals surface area contributed by atoms with Gasteiger partial charge in [-0.1, -0.05) is 12.1 Å². The highest BCUT2D eigenvalue weighted by atomic mass is 16.5. The first-order valence-electron chi connectivity index (χ1n) is 9.02. The maximum atomic E-state index is 12.2. The van der Waals surface area contributed by atoms with Gasteiger partial charge in [-0.15, -0.1) is 0 Å². The van der Waals surface area contributed by atoms with E-state index in [9.17, 15) is 9.59 Å². The van der Waals surface area contributed by atoms with Gasteiger partial charge in [0.2, 0.25) is 0 Å². The van der Waals surface area contributed by atoms with E-state index in [-0.39, 0.29) is 11.5 Å². The number of ether oxygens (including phenoxy) is 1. The summed E-state index contributed by atoms with van der Waals surface area (Å²) in [5.74, 6) is 0.963. The monoisotopic (exact) mass is 355 g/mol. The fraction of sp³-hybridized carbons (Fsp3) is 0.450. The van der Waals surface area contributed by atoms with E-state index in [0.29, 0.717) is 24.8 Å². The van der Waals surface area contributed by atoms with Crippen LogP contribution in [0.2, 0.25) is 0 Å². The first-order chi connectivity index (χ1) is 12.5. The Labute approximate surface area is 153 Å². The molecule has 0 spiro atoms. The molecule has 1 aromatic carbocycles. The Balaban J connectivity index is 1.50. The third-order valence-corrected chi connectivity index (χ3v) is 4.78. The Kier molecular flexibility index (Phi) is 5.40. The van der Waals surface area contributed by atoms with Gasteiger partial charge in [-0.05, 0) is 50.8 Å². The molecule has 1 unspecified atom stereocenters. The normalized spacial score (nSPS) is 14.7. The number of rotatable bonds is 7. The molecule has 0 saturated heterocycles. The minimum Gasteiger partial charge on any atom is -0.481 e. The van der Waals surface area contributed by atoms with Crippen LogP contribution in [0.5, 0.6) is 5.75 Å². The zero-order chi connectivity index (χ0) is 18.7. The topological polar surface area (TPSA) is 73.2 Å². The molecule has 1 saturated carbocycles. The van der Waals surface area contributed by atoms with Crippen molar-refractivity contribution in [2.75, 3.05) is 6.54 Å². The third-order valence-electron chi connectivity index (χ3n) is 4.78. The summed E-state index contributed by atoms with van der Waals surface area (Å²) in [6, 6.07) is 7.38. The van der Waals surface area contributed by atoms with Gasteiger partial charge in [0, 0.05) is 25.1 Å². The predicted molar refractivity (Wildman–Crippen MR) is 99.5 cm³/mol. The first kappa shape index (κ1) is 18.2. The summed E-state index contributed by atoms with van der Waals surface area (Å²) in [5.41, 5.74) is 2.96. The third kappa shape index (κ3) is 4.31. The number of aryl methyl sites for hydroxylation is 1. The molecule has 0 bridgehead atoms. The molecule has 1 aliphatic rings. The van der Waals surface area contributed by atoms with Crippen LogP contribution in [-0.4, -0.2) is 28.1 Å². The molecule has 1 aliphatic carbocycles. The van der Waals surface area contributed by atoms with Gasteiger partial charge in [0.05, 0.1) is 12.0 Å². The van der Waals surface area contributed by atoms with Crippen molar-refractivity contribution in [3.8, 4) is 5.75 Å².